The van der Waals surface area contributed by atoms with Crippen molar-refractivity contribution in [3.8, 4) is 0 Å². The standard InChI is InChI=1S/C20H21Cl2N3O2/c1-12(26)24-9-13-2-3-15-10-25(11-16(15)6-13)20(27)19(23)7-14-4-5-17(21)8-18(14)22/h2-6,8,19H,7,9-11,23H2,1H3,(H,24,26)/t19-/m1/s1. The average Bonchev–Trinajstić information content (AvgIpc) is 3.04. The number of carbonyl (C=O) groups is 2. The molecule has 0 aliphatic carbocycles. The molecule has 1 heterocycles. The summed E-state index contributed by atoms with van der Waals surface area (Å²) in [4.78, 5) is 25.6. The lowest BCUT2D eigenvalue weighted by atomic mass is 10.1. The number of fused-ring (bicyclic) bond motifs is 1. The molecule has 1 atom stereocenters. The Kier molecular flexibility index (Phi) is 6.05. The van der Waals surface area contributed by atoms with Gasteiger partial charge in [0.1, 0.15) is 0 Å². The van der Waals surface area contributed by atoms with Crippen LogP contribution < -0.4 is 11.1 Å². The van der Waals surface area contributed by atoms with E-state index in [9.17, 15) is 9.59 Å². The number of benzene rings is 2. The molecule has 0 spiro atoms. The fourth-order valence-electron chi connectivity index (χ4n) is 3.19. The topological polar surface area (TPSA) is 75.4 Å². The molecular weight excluding hydrogens is 385 g/mol. The van der Waals surface area contributed by atoms with Gasteiger partial charge < -0.3 is 16.0 Å². The van der Waals surface area contributed by atoms with E-state index >= 15 is 0 Å². The average molecular weight is 406 g/mol. The zero-order valence-electron chi connectivity index (χ0n) is 15.0. The molecule has 7 heteroatoms. The Balaban J connectivity index is 1.64. The molecule has 0 saturated heterocycles. The summed E-state index contributed by atoms with van der Waals surface area (Å²) < 4.78 is 0. The molecule has 2 amide bonds. The minimum absolute atomic E-state index is 0.0702. The number of nitrogens with two attached hydrogens (primary N) is 1. The Labute approximate surface area is 168 Å². The number of halogens is 2. The Hall–Kier alpha value is -2.08. The third-order valence-corrected chi connectivity index (χ3v) is 5.21. The van der Waals surface area contributed by atoms with Crippen LogP contribution in [0.2, 0.25) is 10.0 Å². The van der Waals surface area contributed by atoms with Crippen LogP contribution in [0.4, 0.5) is 0 Å². The highest BCUT2D eigenvalue weighted by Gasteiger charge is 2.27. The molecule has 27 heavy (non-hydrogen) atoms. The smallest absolute Gasteiger partial charge is 0.240 e. The highest BCUT2D eigenvalue weighted by atomic mass is 35.5. The van der Waals surface area contributed by atoms with Gasteiger partial charge in [0.2, 0.25) is 11.8 Å². The van der Waals surface area contributed by atoms with Crippen molar-refractivity contribution in [1.82, 2.24) is 10.2 Å². The van der Waals surface area contributed by atoms with E-state index in [1.54, 1.807) is 23.1 Å². The van der Waals surface area contributed by atoms with Gasteiger partial charge in [-0.1, -0.05) is 47.5 Å². The van der Waals surface area contributed by atoms with Crippen molar-refractivity contribution in [2.75, 3.05) is 0 Å². The van der Waals surface area contributed by atoms with Gasteiger partial charge in [0, 0.05) is 36.6 Å². The van der Waals surface area contributed by atoms with Crippen LogP contribution in [-0.4, -0.2) is 22.8 Å². The third kappa shape index (κ3) is 4.80. The second-order valence-corrected chi connectivity index (χ2v) is 7.60. The predicted molar refractivity (Wildman–Crippen MR) is 106 cm³/mol. The highest BCUT2D eigenvalue weighted by molar-refractivity contribution is 6.35. The Morgan fingerprint density at radius 3 is 2.59 bits per heavy atom. The number of nitrogens with zero attached hydrogens (tertiary/aromatic N) is 1. The van der Waals surface area contributed by atoms with Crippen LogP contribution in [0.25, 0.3) is 0 Å². The fraction of sp³-hybridized carbons (Fsp3) is 0.300. The fourth-order valence-corrected chi connectivity index (χ4v) is 3.67. The monoisotopic (exact) mass is 405 g/mol. The molecule has 142 valence electrons. The second kappa shape index (κ2) is 8.30. The van der Waals surface area contributed by atoms with E-state index in [0.717, 1.165) is 22.3 Å². The van der Waals surface area contributed by atoms with Gasteiger partial charge in [0.15, 0.2) is 0 Å². The third-order valence-electron chi connectivity index (χ3n) is 4.62. The molecule has 0 aromatic heterocycles. The molecule has 3 rings (SSSR count). The first-order valence-electron chi connectivity index (χ1n) is 8.67. The zero-order valence-corrected chi connectivity index (χ0v) is 16.5. The molecule has 3 N–H and O–H groups in total. The number of hydrogen-bond acceptors (Lipinski definition) is 3. The van der Waals surface area contributed by atoms with Gasteiger partial charge in [0.05, 0.1) is 6.04 Å². The van der Waals surface area contributed by atoms with E-state index in [2.05, 4.69) is 5.32 Å². The summed E-state index contributed by atoms with van der Waals surface area (Å²) >= 11 is 12.1. The molecule has 0 fully saturated rings. The first-order chi connectivity index (χ1) is 12.8. The normalized spacial score (nSPS) is 14.0. The number of amides is 2. The van der Waals surface area contributed by atoms with Gasteiger partial charge in [-0.25, -0.2) is 0 Å². The van der Waals surface area contributed by atoms with Crippen LogP contribution in [0.1, 0.15) is 29.2 Å². The van der Waals surface area contributed by atoms with Crippen molar-refractivity contribution in [1.29, 1.82) is 0 Å². The van der Waals surface area contributed by atoms with Gasteiger partial charge in [-0.05, 0) is 40.8 Å². The van der Waals surface area contributed by atoms with E-state index in [-0.39, 0.29) is 11.8 Å². The lowest BCUT2D eigenvalue weighted by Crippen LogP contribution is -2.42. The van der Waals surface area contributed by atoms with Crippen molar-refractivity contribution in [2.24, 2.45) is 5.73 Å². The van der Waals surface area contributed by atoms with Crippen LogP contribution >= 0.6 is 23.2 Å². The summed E-state index contributed by atoms with van der Waals surface area (Å²) in [5.41, 5.74) is 10.2. The van der Waals surface area contributed by atoms with E-state index < -0.39 is 6.04 Å². The van der Waals surface area contributed by atoms with Crippen molar-refractivity contribution in [3.05, 3.63) is 68.7 Å². The maximum absolute atomic E-state index is 12.8. The number of rotatable bonds is 5. The largest absolute Gasteiger partial charge is 0.352 e. The van der Waals surface area contributed by atoms with Crippen molar-refractivity contribution >= 4 is 35.0 Å². The Morgan fingerprint density at radius 1 is 1.15 bits per heavy atom. The van der Waals surface area contributed by atoms with Gasteiger partial charge in [-0.15, -0.1) is 0 Å². The SMILES string of the molecule is CC(=O)NCc1ccc2c(c1)CN(C(=O)[C@H](N)Cc1ccc(Cl)cc1Cl)C2. The first-order valence-corrected chi connectivity index (χ1v) is 9.42. The minimum Gasteiger partial charge on any atom is -0.352 e. The summed E-state index contributed by atoms with van der Waals surface area (Å²) in [7, 11) is 0. The number of nitrogens with one attached hydrogen (secondary N) is 1. The summed E-state index contributed by atoms with van der Waals surface area (Å²) in [6, 6.07) is 10.5. The molecule has 0 radical (unpaired) electrons. The number of hydrogen-bond donors (Lipinski definition) is 2. The molecule has 0 unspecified atom stereocenters. The molecule has 0 bridgehead atoms. The van der Waals surface area contributed by atoms with Gasteiger partial charge in [0.25, 0.3) is 0 Å². The lowest BCUT2D eigenvalue weighted by Gasteiger charge is -2.20. The predicted octanol–water partition coefficient (Wildman–Crippen LogP) is 3.04. The van der Waals surface area contributed by atoms with Crippen LogP contribution in [0.15, 0.2) is 36.4 Å². The summed E-state index contributed by atoms with van der Waals surface area (Å²) in [5, 5.41) is 3.84. The maximum atomic E-state index is 12.8. The molecular formula is C20H21Cl2N3O2. The molecule has 1 aliphatic rings. The van der Waals surface area contributed by atoms with Crippen LogP contribution in [0.5, 0.6) is 0 Å². The van der Waals surface area contributed by atoms with Crippen LogP contribution in [0.3, 0.4) is 0 Å². The van der Waals surface area contributed by atoms with Crippen LogP contribution in [-0.2, 0) is 35.6 Å². The van der Waals surface area contributed by atoms with Crippen molar-refractivity contribution < 1.29 is 9.59 Å². The summed E-state index contributed by atoms with van der Waals surface area (Å²) in [6.07, 6.45) is 0.357. The summed E-state index contributed by atoms with van der Waals surface area (Å²) in [5.74, 6) is -0.181. The maximum Gasteiger partial charge on any atom is 0.240 e. The lowest BCUT2D eigenvalue weighted by molar-refractivity contribution is -0.133. The molecule has 2 aromatic rings. The van der Waals surface area contributed by atoms with Gasteiger partial charge in [-0.2, -0.15) is 0 Å². The van der Waals surface area contributed by atoms with Gasteiger partial charge >= 0.3 is 0 Å². The molecule has 5 nitrogen and oxygen atoms in total. The second-order valence-electron chi connectivity index (χ2n) is 6.75. The summed E-state index contributed by atoms with van der Waals surface area (Å²) in [6.45, 7) is 3.02. The van der Waals surface area contributed by atoms with Gasteiger partial charge in [-0.3, -0.25) is 9.59 Å². The van der Waals surface area contributed by atoms with Crippen molar-refractivity contribution in [3.63, 3.8) is 0 Å². The molecule has 2 aromatic carbocycles. The van der Waals surface area contributed by atoms with E-state index in [0.29, 0.717) is 36.1 Å². The number of carbonyl (C=O) groups excluding carboxylic acids is 2. The highest BCUT2D eigenvalue weighted by Crippen LogP contribution is 2.26. The Bertz CT molecular complexity index is 886. The van der Waals surface area contributed by atoms with E-state index in [1.807, 2.05) is 18.2 Å². The Morgan fingerprint density at radius 2 is 1.89 bits per heavy atom. The van der Waals surface area contributed by atoms with E-state index in [4.69, 9.17) is 28.9 Å². The molecule has 0 saturated carbocycles. The van der Waals surface area contributed by atoms with E-state index in [1.165, 1.54) is 6.92 Å². The zero-order chi connectivity index (χ0) is 19.6. The molecule has 1 aliphatic heterocycles. The first kappa shape index (κ1) is 19.7. The minimum atomic E-state index is -0.670. The van der Waals surface area contributed by atoms with Crippen molar-refractivity contribution in [2.45, 2.75) is 39.0 Å². The van der Waals surface area contributed by atoms with Crippen LogP contribution in [0, 0.1) is 0 Å². The quantitative estimate of drug-likeness (QED) is 0.802.